The van der Waals surface area contributed by atoms with Gasteiger partial charge in [-0.15, -0.1) is 5.10 Å². The topological polar surface area (TPSA) is 92.2 Å². The zero-order valence-electron chi connectivity index (χ0n) is 8.93. The van der Waals surface area contributed by atoms with Crippen LogP contribution in [-0.4, -0.2) is 33.7 Å². The summed E-state index contributed by atoms with van der Waals surface area (Å²) in [4.78, 5) is 21.7. The predicted molar refractivity (Wildman–Crippen MR) is 56.0 cm³/mol. The highest BCUT2D eigenvalue weighted by atomic mass is 16.4. The third kappa shape index (κ3) is 4.04. The highest BCUT2D eigenvalue weighted by Crippen LogP contribution is 1.95. The van der Waals surface area contributed by atoms with Gasteiger partial charge >= 0.3 is 5.97 Å². The zero-order valence-corrected chi connectivity index (χ0v) is 8.93. The van der Waals surface area contributed by atoms with Crippen LogP contribution in [0.3, 0.4) is 0 Å². The fraction of sp³-hybridized carbons (Fsp3) is 0.400. The number of carbonyl (C=O) groups excluding carboxylic acids is 1. The van der Waals surface area contributed by atoms with E-state index in [9.17, 15) is 9.59 Å². The first-order valence-electron chi connectivity index (χ1n) is 4.90. The van der Waals surface area contributed by atoms with Crippen molar-refractivity contribution >= 4 is 11.9 Å². The van der Waals surface area contributed by atoms with Crippen molar-refractivity contribution in [1.82, 2.24) is 15.5 Å². The maximum Gasteiger partial charge on any atom is 0.303 e. The summed E-state index contributed by atoms with van der Waals surface area (Å²) in [5.41, 5.74) is 0.975. The van der Waals surface area contributed by atoms with Crippen molar-refractivity contribution in [2.24, 2.45) is 0 Å². The van der Waals surface area contributed by atoms with E-state index in [2.05, 4.69) is 15.5 Å². The fourth-order valence-corrected chi connectivity index (χ4v) is 1.05. The van der Waals surface area contributed by atoms with E-state index >= 15 is 0 Å². The van der Waals surface area contributed by atoms with Crippen molar-refractivity contribution in [3.8, 4) is 0 Å². The number of rotatable bonds is 5. The first-order chi connectivity index (χ1) is 7.59. The molecule has 0 atom stereocenters. The van der Waals surface area contributed by atoms with Gasteiger partial charge in [-0.2, -0.15) is 5.10 Å². The number of aliphatic carboxylic acids is 1. The van der Waals surface area contributed by atoms with Gasteiger partial charge in [-0.05, 0) is 25.5 Å². The molecule has 1 rings (SSSR count). The monoisotopic (exact) mass is 223 g/mol. The molecule has 6 nitrogen and oxygen atoms in total. The van der Waals surface area contributed by atoms with Crippen LogP contribution in [-0.2, 0) is 4.79 Å². The normalized spacial score (nSPS) is 9.81. The Kier molecular flexibility index (Phi) is 4.38. The number of aryl methyl sites for hydroxylation is 1. The number of amides is 1. The lowest BCUT2D eigenvalue weighted by Gasteiger charge is -2.02. The van der Waals surface area contributed by atoms with Crippen LogP contribution in [0.1, 0.15) is 29.0 Å². The minimum absolute atomic E-state index is 0.0415. The van der Waals surface area contributed by atoms with Gasteiger partial charge in [0.1, 0.15) is 0 Å². The summed E-state index contributed by atoms with van der Waals surface area (Å²) < 4.78 is 0. The average Bonchev–Trinajstić information content (AvgIpc) is 2.25. The highest BCUT2D eigenvalue weighted by molar-refractivity contribution is 5.91. The Morgan fingerprint density at radius 2 is 2.12 bits per heavy atom. The molecule has 0 unspecified atom stereocenters. The summed E-state index contributed by atoms with van der Waals surface area (Å²) >= 11 is 0. The number of nitrogens with one attached hydrogen (secondary N) is 1. The van der Waals surface area contributed by atoms with Crippen LogP contribution in [0.15, 0.2) is 12.1 Å². The lowest BCUT2D eigenvalue weighted by atomic mass is 10.3. The number of carboxylic acid groups (broad SMARTS) is 1. The molecule has 0 aliphatic heterocycles. The van der Waals surface area contributed by atoms with E-state index in [1.165, 1.54) is 0 Å². The van der Waals surface area contributed by atoms with Crippen LogP contribution in [0.4, 0.5) is 0 Å². The molecule has 0 fully saturated rings. The Balaban J connectivity index is 2.35. The molecule has 0 bridgehead atoms. The molecule has 0 saturated carbocycles. The van der Waals surface area contributed by atoms with Crippen molar-refractivity contribution in [2.75, 3.05) is 6.54 Å². The molecule has 1 heterocycles. The van der Waals surface area contributed by atoms with Gasteiger partial charge < -0.3 is 10.4 Å². The Morgan fingerprint density at radius 1 is 1.38 bits per heavy atom. The smallest absolute Gasteiger partial charge is 0.303 e. The van der Waals surface area contributed by atoms with Gasteiger partial charge in [0.05, 0.1) is 5.69 Å². The molecule has 0 aliphatic rings. The molecule has 0 aliphatic carbocycles. The zero-order chi connectivity index (χ0) is 12.0. The van der Waals surface area contributed by atoms with Gasteiger partial charge in [-0.1, -0.05) is 0 Å². The van der Waals surface area contributed by atoms with E-state index < -0.39 is 5.97 Å². The van der Waals surface area contributed by atoms with Crippen molar-refractivity contribution in [2.45, 2.75) is 19.8 Å². The number of aromatic nitrogens is 2. The number of hydrogen-bond donors (Lipinski definition) is 2. The molecular formula is C10H13N3O3. The van der Waals surface area contributed by atoms with Crippen LogP contribution in [0, 0.1) is 6.92 Å². The van der Waals surface area contributed by atoms with E-state index in [0.717, 1.165) is 5.69 Å². The van der Waals surface area contributed by atoms with Gasteiger partial charge in [0.25, 0.3) is 5.91 Å². The van der Waals surface area contributed by atoms with Crippen LogP contribution in [0.2, 0.25) is 0 Å². The van der Waals surface area contributed by atoms with Crippen LogP contribution in [0.25, 0.3) is 0 Å². The Bertz CT molecular complexity index is 375. The average molecular weight is 223 g/mol. The van der Waals surface area contributed by atoms with Crippen LogP contribution < -0.4 is 5.32 Å². The number of carbonyl (C=O) groups is 2. The highest BCUT2D eigenvalue weighted by Gasteiger charge is 2.06. The summed E-state index contributed by atoms with van der Waals surface area (Å²) in [5, 5.41) is 18.4. The Labute approximate surface area is 92.7 Å². The summed E-state index contributed by atoms with van der Waals surface area (Å²) in [6.07, 6.45) is 0.445. The maximum absolute atomic E-state index is 11.4. The van der Waals surface area contributed by atoms with E-state index in [0.29, 0.717) is 13.0 Å². The second-order valence-electron chi connectivity index (χ2n) is 3.31. The molecule has 1 amide bonds. The van der Waals surface area contributed by atoms with Crippen molar-refractivity contribution in [3.63, 3.8) is 0 Å². The lowest BCUT2D eigenvalue weighted by molar-refractivity contribution is -0.137. The van der Waals surface area contributed by atoms with Gasteiger partial charge in [-0.3, -0.25) is 9.59 Å². The lowest BCUT2D eigenvalue weighted by Crippen LogP contribution is -2.26. The second-order valence-corrected chi connectivity index (χ2v) is 3.31. The molecule has 16 heavy (non-hydrogen) atoms. The third-order valence-electron chi connectivity index (χ3n) is 1.88. The van der Waals surface area contributed by atoms with Gasteiger partial charge in [-0.25, -0.2) is 0 Å². The van der Waals surface area contributed by atoms with Crippen LogP contribution in [0.5, 0.6) is 0 Å². The van der Waals surface area contributed by atoms with E-state index in [1.807, 2.05) is 0 Å². The Hall–Kier alpha value is -1.98. The van der Waals surface area contributed by atoms with E-state index in [-0.39, 0.29) is 18.0 Å². The van der Waals surface area contributed by atoms with Crippen molar-refractivity contribution in [3.05, 3.63) is 23.5 Å². The summed E-state index contributed by atoms with van der Waals surface area (Å²) in [7, 11) is 0. The summed E-state index contributed by atoms with van der Waals surface area (Å²) in [5.74, 6) is -1.21. The molecular weight excluding hydrogens is 210 g/mol. The number of carboxylic acids is 1. The molecule has 0 aromatic carbocycles. The first kappa shape index (κ1) is 12.1. The van der Waals surface area contributed by atoms with E-state index in [1.54, 1.807) is 19.1 Å². The molecule has 0 saturated heterocycles. The minimum atomic E-state index is -0.871. The van der Waals surface area contributed by atoms with E-state index in [4.69, 9.17) is 5.11 Å². The minimum Gasteiger partial charge on any atom is -0.481 e. The second kappa shape index (κ2) is 5.79. The van der Waals surface area contributed by atoms with Crippen molar-refractivity contribution in [1.29, 1.82) is 0 Å². The van der Waals surface area contributed by atoms with Gasteiger partial charge in [0.15, 0.2) is 5.69 Å². The molecule has 0 spiro atoms. The van der Waals surface area contributed by atoms with Crippen LogP contribution >= 0.6 is 0 Å². The third-order valence-corrected chi connectivity index (χ3v) is 1.88. The van der Waals surface area contributed by atoms with Gasteiger partial charge in [0.2, 0.25) is 0 Å². The molecule has 6 heteroatoms. The van der Waals surface area contributed by atoms with Gasteiger partial charge in [0, 0.05) is 13.0 Å². The predicted octanol–water partition coefficient (Wildman–Crippen LogP) is 0.380. The number of hydrogen-bond acceptors (Lipinski definition) is 4. The summed E-state index contributed by atoms with van der Waals surface area (Å²) in [6.45, 7) is 2.10. The summed E-state index contributed by atoms with van der Waals surface area (Å²) in [6, 6.07) is 3.27. The number of nitrogens with zero attached hydrogens (tertiary/aromatic N) is 2. The quantitative estimate of drug-likeness (QED) is 0.704. The fourth-order valence-electron chi connectivity index (χ4n) is 1.05. The van der Waals surface area contributed by atoms with Crippen molar-refractivity contribution < 1.29 is 14.7 Å². The molecule has 1 aromatic heterocycles. The Morgan fingerprint density at radius 3 is 2.69 bits per heavy atom. The maximum atomic E-state index is 11.4. The molecule has 2 N–H and O–H groups in total. The largest absolute Gasteiger partial charge is 0.481 e. The first-order valence-corrected chi connectivity index (χ1v) is 4.90. The molecule has 86 valence electrons. The SMILES string of the molecule is Cc1ccc(C(=O)NCCCC(=O)O)nn1. The molecule has 0 radical (unpaired) electrons. The standard InChI is InChI=1S/C10H13N3O3/c1-7-4-5-8(13-12-7)10(16)11-6-2-3-9(14)15/h4-5H,2-3,6H2,1H3,(H,11,16)(H,14,15). The molecule has 1 aromatic rings.